The Morgan fingerprint density at radius 3 is 2.83 bits per heavy atom. The van der Waals surface area contributed by atoms with Crippen LogP contribution in [0.4, 0.5) is 10.3 Å². The van der Waals surface area contributed by atoms with E-state index in [1.807, 2.05) is 6.20 Å². The molecule has 0 bridgehead atoms. The van der Waals surface area contributed by atoms with Gasteiger partial charge < -0.3 is 15.5 Å². The Labute approximate surface area is 182 Å². The predicted octanol–water partition coefficient (Wildman–Crippen LogP) is 3.98. The molecule has 3 heterocycles. The van der Waals surface area contributed by atoms with E-state index < -0.39 is 5.82 Å². The first-order valence-electron chi connectivity index (χ1n) is 10.7. The molecule has 2 fully saturated rings. The van der Waals surface area contributed by atoms with E-state index in [-0.39, 0.29) is 11.3 Å². The van der Waals surface area contributed by atoms with Gasteiger partial charge in [-0.1, -0.05) is 32.1 Å². The van der Waals surface area contributed by atoms with Gasteiger partial charge in [0.05, 0.1) is 11.9 Å². The quantitative estimate of drug-likeness (QED) is 0.640. The van der Waals surface area contributed by atoms with E-state index in [1.54, 1.807) is 0 Å². The molecule has 30 heavy (non-hydrogen) atoms. The molecular weight excluding hydrogens is 397 g/mol. The molecule has 1 saturated carbocycles. The van der Waals surface area contributed by atoms with Gasteiger partial charge in [0.15, 0.2) is 5.82 Å². The van der Waals surface area contributed by atoms with Crippen LogP contribution in [-0.4, -0.2) is 41.0 Å². The summed E-state index contributed by atoms with van der Waals surface area (Å²) in [5.41, 5.74) is 3.54. The molecule has 7 heteroatoms. The molecule has 4 aliphatic rings. The van der Waals surface area contributed by atoms with Crippen LogP contribution in [-0.2, 0) is 0 Å². The van der Waals surface area contributed by atoms with Crippen LogP contribution in [0.15, 0.2) is 46.7 Å². The average Bonchev–Trinajstić information content (AvgIpc) is 2.86. The number of allylic oxidation sites excluding steroid dienone is 6. The van der Waals surface area contributed by atoms with Crippen molar-refractivity contribution in [2.75, 3.05) is 25.5 Å². The second kappa shape index (κ2) is 7.24. The zero-order valence-electron chi connectivity index (χ0n) is 17.6. The summed E-state index contributed by atoms with van der Waals surface area (Å²) in [6, 6.07) is 0.319. The summed E-state index contributed by atoms with van der Waals surface area (Å²) in [5, 5.41) is 6.72. The van der Waals surface area contributed by atoms with Crippen LogP contribution in [0.2, 0.25) is 0 Å². The molecule has 5 nitrogen and oxygen atoms in total. The Balaban J connectivity index is 1.41. The summed E-state index contributed by atoms with van der Waals surface area (Å²) in [6.45, 7) is 6.52. The van der Waals surface area contributed by atoms with Crippen molar-refractivity contribution in [3.63, 3.8) is 0 Å². The van der Waals surface area contributed by atoms with Gasteiger partial charge in [-0.2, -0.15) is 0 Å². The van der Waals surface area contributed by atoms with Crippen molar-refractivity contribution < 1.29 is 4.39 Å². The molecule has 2 aliphatic carbocycles. The molecule has 158 valence electrons. The molecule has 0 amide bonds. The fourth-order valence-corrected chi connectivity index (χ4v) is 5.75. The van der Waals surface area contributed by atoms with Crippen LogP contribution < -0.4 is 10.6 Å². The second-order valence-corrected chi connectivity index (χ2v) is 9.59. The van der Waals surface area contributed by atoms with Crippen molar-refractivity contribution in [1.29, 1.82) is 0 Å². The molecule has 1 saturated heterocycles. The highest BCUT2D eigenvalue weighted by molar-refractivity contribution is 7.84. The van der Waals surface area contributed by atoms with E-state index >= 15 is 0 Å². The monoisotopic (exact) mass is 425 g/mol. The zero-order valence-corrected chi connectivity index (χ0v) is 18.5. The van der Waals surface area contributed by atoms with Gasteiger partial charge in [-0.15, -0.1) is 12.6 Å². The number of anilines is 1. The van der Waals surface area contributed by atoms with Crippen molar-refractivity contribution >= 4 is 24.3 Å². The highest BCUT2D eigenvalue weighted by Gasteiger charge is 2.56. The van der Waals surface area contributed by atoms with Gasteiger partial charge in [-0.3, -0.25) is 0 Å². The number of hydrogen-bond donors (Lipinski definition) is 3. The minimum Gasteiger partial charge on any atom is -0.360 e. The highest BCUT2D eigenvalue weighted by Crippen LogP contribution is 2.65. The second-order valence-electron chi connectivity index (χ2n) is 9.11. The maximum absolute atomic E-state index is 14.7. The van der Waals surface area contributed by atoms with E-state index in [0.717, 1.165) is 30.8 Å². The highest BCUT2D eigenvalue weighted by atomic mass is 32.1. The molecule has 1 aromatic heterocycles. The Morgan fingerprint density at radius 2 is 2.07 bits per heavy atom. The van der Waals surface area contributed by atoms with Gasteiger partial charge in [0.2, 0.25) is 5.95 Å². The number of likely N-dealkylation sites (tertiary alicyclic amines) is 1. The van der Waals surface area contributed by atoms with E-state index in [1.165, 1.54) is 17.3 Å². The molecule has 0 radical (unpaired) electrons. The molecule has 3 unspecified atom stereocenters. The number of halogens is 1. The van der Waals surface area contributed by atoms with Gasteiger partial charge in [0.25, 0.3) is 0 Å². The number of hydrogen-bond acceptors (Lipinski definition) is 6. The lowest BCUT2D eigenvalue weighted by molar-refractivity contribution is 0.234. The Morgan fingerprint density at radius 1 is 1.30 bits per heavy atom. The normalized spacial score (nSPS) is 31.2. The number of thiol groups is 1. The minimum atomic E-state index is -0.414. The number of aromatic nitrogens is 2. The van der Waals surface area contributed by atoms with Crippen molar-refractivity contribution in [2.24, 2.45) is 17.3 Å². The standard InChI is InChI=1S/C23H28FN5S/c1-13-10-18(25-11-15-16-4-5-19(30)23(16,2)20(13)15)21-17(24)12-26-22(28-21)27-14-6-8-29(3)9-7-14/h4-5,10-14,20,25,30H,6-9H2,1-3H3,(H,26,27,28). The summed E-state index contributed by atoms with van der Waals surface area (Å²) >= 11 is 4.72. The number of rotatable bonds is 3. The van der Waals surface area contributed by atoms with E-state index in [0.29, 0.717) is 29.3 Å². The van der Waals surface area contributed by atoms with E-state index in [4.69, 9.17) is 12.6 Å². The van der Waals surface area contributed by atoms with E-state index in [2.05, 4.69) is 64.6 Å². The summed E-state index contributed by atoms with van der Waals surface area (Å²) in [4.78, 5) is 12.2. The lowest BCUT2D eigenvalue weighted by Gasteiger charge is -2.52. The molecule has 5 rings (SSSR count). The average molecular weight is 426 g/mol. The Kier molecular flexibility index (Phi) is 4.78. The maximum Gasteiger partial charge on any atom is 0.223 e. The lowest BCUT2D eigenvalue weighted by Crippen LogP contribution is -2.44. The third-order valence-corrected chi connectivity index (χ3v) is 7.77. The molecule has 1 aromatic rings. The van der Waals surface area contributed by atoms with Gasteiger partial charge >= 0.3 is 0 Å². The summed E-state index contributed by atoms with van der Waals surface area (Å²) in [5.74, 6) is 0.615. The third kappa shape index (κ3) is 3.02. The van der Waals surface area contributed by atoms with E-state index in [9.17, 15) is 4.39 Å². The molecule has 0 aromatic carbocycles. The third-order valence-electron chi connectivity index (χ3n) is 7.16. The molecule has 3 atom stereocenters. The maximum atomic E-state index is 14.7. The SMILES string of the molecule is CC1C=C(c2nc(NC3CCN(C)CC3)ncc2F)NC=C2C3=CC=C(S)C3(C)C21. The predicted molar refractivity (Wildman–Crippen MR) is 121 cm³/mol. The molecule has 0 spiro atoms. The Bertz CT molecular complexity index is 1000. The van der Waals surface area contributed by atoms with Crippen molar-refractivity contribution in [1.82, 2.24) is 20.2 Å². The van der Waals surface area contributed by atoms with Gasteiger partial charge in [-0.25, -0.2) is 14.4 Å². The van der Waals surface area contributed by atoms with Crippen LogP contribution in [0.5, 0.6) is 0 Å². The van der Waals surface area contributed by atoms with Crippen LogP contribution in [0.25, 0.3) is 5.70 Å². The van der Waals surface area contributed by atoms with Crippen molar-refractivity contribution in [3.05, 3.63) is 58.2 Å². The zero-order chi connectivity index (χ0) is 21.0. The van der Waals surface area contributed by atoms with Crippen LogP contribution in [0.1, 0.15) is 32.4 Å². The summed E-state index contributed by atoms with van der Waals surface area (Å²) < 4.78 is 14.7. The fraction of sp³-hybridized carbons (Fsp3) is 0.478. The van der Waals surface area contributed by atoms with Crippen LogP contribution in [0, 0.1) is 23.1 Å². The first-order chi connectivity index (χ1) is 14.4. The fourth-order valence-electron chi connectivity index (χ4n) is 5.42. The summed E-state index contributed by atoms with van der Waals surface area (Å²) in [7, 11) is 2.13. The minimum absolute atomic E-state index is 0.0485. The largest absolute Gasteiger partial charge is 0.360 e. The topological polar surface area (TPSA) is 53.1 Å². The Hall–Kier alpha value is -2.12. The van der Waals surface area contributed by atoms with Crippen LogP contribution >= 0.6 is 12.6 Å². The number of piperidine rings is 1. The first-order valence-corrected chi connectivity index (χ1v) is 11.1. The first kappa shape index (κ1) is 19.8. The van der Waals surface area contributed by atoms with Crippen molar-refractivity contribution in [2.45, 2.75) is 32.7 Å². The van der Waals surface area contributed by atoms with Gasteiger partial charge in [0, 0.05) is 23.6 Å². The van der Waals surface area contributed by atoms with Crippen molar-refractivity contribution in [3.8, 4) is 0 Å². The molecule has 2 aliphatic heterocycles. The smallest absolute Gasteiger partial charge is 0.223 e. The molecular formula is C23H28FN5S. The molecule has 2 N–H and O–H groups in total. The van der Waals surface area contributed by atoms with Crippen LogP contribution in [0.3, 0.4) is 0 Å². The lowest BCUT2D eigenvalue weighted by atomic mass is 9.52. The van der Waals surface area contributed by atoms with Gasteiger partial charge in [-0.05, 0) is 54.9 Å². The number of nitrogens with zero attached hydrogens (tertiary/aromatic N) is 3. The number of fused-ring (bicyclic) bond motifs is 4. The van der Waals surface area contributed by atoms with Gasteiger partial charge in [0.1, 0.15) is 5.69 Å². The summed E-state index contributed by atoms with van der Waals surface area (Å²) in [6.07, 6.45) is 11.7. The number of nitrogens with one attached hydrogen (secondary N) is 2.